The molecule has 0 aliphatic carbocycles. The lowest BCUT2D eigenvalue weighted by molar-refractivity contribution is -0.131. The zero-order valence-corrected chi connectivity index (χ0v) is 9.81. The highest BCUT2D eigenvalue weighted by Gasteiger charge is 2.57. The number of hydrogen-bond acceptors (Lipinski definition) is 1. The minimum absolute atomic E-state index is 0.0288. The summed E-state index contributed by atoms with van der Waals surface area (Å²) < 4.78 is 0. The molecular formula is C9H14B2NOP. The molecule has 2 aliphatic heterocycles. The Morgan fingerprint density at radius 2 is 2.07 bits per heavy atom. The minimum atomic E-state index is -0.521. The Kier molecular flexibility index (Phi) is 2.10. The van der Waals surface area contributed by atoms with Crippen LogP contribution in [0.3, 0.4) is 0 Å². The number of amides is 1. The maximum atomic E-state index is 11.9. The molecule has 5 unspecified atom stereocenters. The van der Waals surface area contributed by atoms with Gasteiger partial charge in [-0.15, -0.1) is 9.24 Å². The normalized spacial score (nSPS) is 52.5. The minimum Gasteiger partial charge on any atom is -0.345 e. The van der Waals surface area contributed by atoms with Crippen LogP contribution in [0.25, 0.3) is 0 Å². The summed E-state index contributed by atoms with van der Waals surface area (Å²) in [6.45, 7) is 4.54. The second-order valence-electron chi connectivity index (χ2n) is 4.90. The lowest BCUT2D eigenvalue weighted by Crippen LogP contribution is -2.43. The topological polar surface area (TPSA) is 20.3 Å². The summed E-state index contributed by atoms with van der Waals surface area (Å²) in [5.74, 6) is 0.358. The van der Waals surface area contributed by atoms with Crippen LogP contribution in [0.2, 0.25) is 0 Å². The van der Waals surface area contributed by atoms with E-state index in [0.29, 0.717) is 13.0 Å². The molecule has 2 saturated heterocycles. The monoisotopic (exact) mass is 205 g/mol. The van der Waals surface area contributed by atoms with Crippen LogP contribution in [0.4, 0.5) is 0 Å². The quantitative estimate of drug-likeness (QED) is 0.405. The van der Waals surface area contributed by atoms with E-state index in [1.165, 1.54) is 0 Å². The molecule has 1 amide bonds. The Morgan fingerprint density at radius 1 is 1.50 bits per heavy atom. The number of carbonyl (C=O) groups is 1. The predicted molar refractivity (Wildman–Crippen MR) is 61.3 cm³/mol. The van der Waals surface area contributed by atoms with E-state index < -0.39 is 10.5 Å². The van der Waals surface area contributed by atoms with Crippen molar-refractivity contribution in [3.05, 3.63) is 0 Å². The van der Waals surface area contributed by atoms with Gasteiger partial charge in [0.05, 0.1) is 7.85 Å². The molecule has 0 N–H and O–H groups in total. The SMILES string of the molecule is [B]C1(P)CN2C(=O)C(C)C(C)C2([B])C1. The molecule has 2 fully saturated rings. The summed E-state index contributed by atoms with van der Waals surface area (Å²) in [6.07, 6.45) is 0.669. The number of nitrogens with zero attached hydrogens (tertiary/aromatic N) is 1. The van der Waals surface area contributed by atoms with Crippen molar-refractivity contribution in [2.45, 2.75) is 30.8 Å². The summed E-state index contributed by atoms with van der Waals surface area (Å²) in [7, 11) is 14.9. The Balaban J connectivity index is 2.37. The summed E-state index contributed by atoms with van der Waals surface area (Å²) >= 11 is 0. The highest BCUT2D eigenvalue weighted by atomic mass is 31.0. The van der Waals surface area contributed by atoms with Crippen molar-refractivity contribution in [1.82, 2.24) is 4.90 Å². The Hall–Kier alpha value is 0.0299. The molecule has 2 nitrogen and oxygen atoms in total. The lowest BCUT2D eigenvalue weighted by Gasteiger charge is -2.32. The van der Waals surface area contributed by atoms with Gasteiger partial charge >= 0.3 is 0 Å². The van der Waals surface area contributed by atoms with Gasteiger partial charge < -0.3 is 4.90 Å². The first-order valence-corrected chi connectivity index (χ1v) is 5.54. The number of fused-ring (bicyclic) bond motifs is 1. The second kappa shape index (κ2) is 2.78. The number of rotatable bonds is 0. The van der Waals surface area contributed by atoms with E-state index >= 15 is 0 Å². The smallest absolute Gasteiger partial charge is 0.225 e. The molecule has 0 spiro atoms. The van der Waals surface area contributed by atoms with Gasteiger partial charge in [-0.3, -0.25) is 4.79 Å². The van der Waals surface area contributed by atoms with E-state index in [1.54, 1.807) is 4.90 Å². The molecule has 14 heavy (non-hydrogen) atoms. The van der Waals surface area contributed by atoms with Gasteiger partial charge in [-0.25, -0.2) is 0 Å². The van der Waals surface area contributed by atoms with Crippen LogP contribution in [0.15, 0.2) is 0 Å². The van der Waals surface area contributed by atoms with Crippen molar-refractivity contribution in [2.75, 3.05) is 6.54 Å². The van der Waals surface area contributed by atoms with Crippen molar-refractivity contribution in [3.63, 3.8) is 0 Å². The summed E-state index contributed by atoms with van der Waals surface area (Å²) in [5, 5.41) is -0.404. The first-order chi connectivity index (χ1) is 6.28. The standard InChI is InChI=1S/C9H14B2NOP/c1-5-6(2)9(11)3-8(10,14)4-12(9)7(5)13/h5-6H,3-4,14H2,1-2H3. The average Bonchev–Trinajstić information content (AvgIpc) is 2.39. The molecule has 5 heteroatoms. The first kappa shape index (κ1) is 10.5. The Labute approximate surface area is 90.2 Å². The predicted octanol–water partition coefficient (Wildman–Crippen LogP) is 0.109. The summed E-state index contributed by atoms with van der Waals surface area (Å²) in [5.41, 5.74) is -0.521. The van der Waals surface area contributed by atoms with Crippen molar-refractivity contribution >= 4 is 30.8 Å². The fourth-order valence-corrected chi connectivity index (χ4v) is 3.21. The molecule has 0 aromatic heterocycles. The van der Waals surface area contributed by atoms with Gasteiger partial charge in [-0.1, -0.05) is 13.8 Å². The third-order valence-corrected chi connectivity index (χ3v) is 4.15. The van der Waals surface area contributed by atoms with Crippen LogP contribution in [0.1, 0.15) is 20.3 Å². The molecule has 0 bridgehead atoms. The van der Waals surface area contributed by atoms with E-state index in [-0.39, 0.29) is 17.7 Å². The molecule has 4 radical (unpaired) electrons. The van der Waals surface area contributed by atoms with Crippen LogP contribution in [0.5, 0.6) is 0 Å². The maximum Gasteiger partial charge on any atom is 0.225 e. The fraction of sp³-hybridized carbons (Fsp3) is 0.889. The highest BCUT2D eigenvalue weighted by Crippen LogP contribution is 2.49. The van der Waals surface area contributed by atoms with E-state index in [4.69, 9.17) is 15.7 Å². The number of carbonyl (C=O) groups excluding carboxylic acids is 1. The van der Waals surface area contributed by atoms with Crippen molar-refractivity contribution in [1.29, 1.82) is 0 Å². The third-order valence-electron chi connectivity index (χ3n) is 3.76. The van der Waals surface area contributed by atoms with E-state index in [9.17, 15) is 4.79 Å². The van der Waals surface area contributed by atoms with Crippen LogP contribution in [0, 0.1) is 11.8 Å². The van der Waals surface area contributed by atoms with Gasteiger partial charge in [-0.2, -0.15) is 0 Å². The van der Waals surface area contributed by atoms with Crippen molar-refractivity contribution in [2.24, 2.45) is 11.8 Å². The molecule has 72 valence electrons. The van der Waals surface area contributed by atoms with E-state index in [0.717, 1.165) is 0 Å². The Bertz CT molecular complexity index is 297. The first-order valence-electron chi connectivity index (χ1n) is 4.96. The summed E-state index contributed by atoms with van der Waals surface area (Å²) in [4.78, 5) is 13.6. The second-order valence-corrected chi connectivity index (χ2v) is 6.05. The van der Waals surface area contributed by atoms with Crippen LogP contribution >= 0.6 is 9.24 Å². The molecular weight excluding hydrogens is 191 g/mol. The third kappa shape index (κ3) is 1.19. The van der Waals surface area contributed by atoms with Gasteiger partial charge in [0, 0.05) is 17.9 Å². The zero-order chi connectivity index (χ0) is 10.7. The highest BCUT2D eigenvalue weighted by molar-refractivity contribution is 7.22. The van der Waals surface area contributed by atoms with Gasteiger partial charge in [0.15, 0.2) is 0 Å². The van der Waals surface area contributed by atoms with Gasteiger partial charge in [0.1, 0.15) is 7.85 Å². The molecule has 2 heterocycles. The molecule has 0 aromatic rings. The largest absolute Gasteiger partial charge is 0.345 e. The van der Waals surface area contributed by atoms with Crippen LogP contribution in [-0.4, -0.2) is 43.5 Å². The van der Waals surface area contributed by atoms with E-state index in [1.807, 2.05) is 13.8 Å². The zero-order valence-electron chi connectivity index (χ0n) is 8.66. The molecule has 5 atom stereocenters. The fourth-order valence-electron chi connectivity index (χ4n) is 2.70. The van der Waals surface area contributed by atoms with Crippen LogP contribution < -0.4 is 0 Å². The van der Waals surface area contributed by atoms with Gasteiger partial charge in [-0.05, 0) is 17.4 Å². The maximum absolute atomic E-state index is 11.9. The number of hydrogen-bond donors (Lipinski definition) is 0. The average molecular weight is 205 g/mol. The summed E-state index contributed by atoms with van der Waals surface area (Å²) in [6, 6.07) is 0. The molecule has 2 rings (SSSR count). The Morgan fingerprint density at radius 3 is 2.57 bits per heavy atom. The van der Waals surface area contributed by atoms with Crippen molar-refractivity contribution < 1.29 is 4.79 Å². The lowest BCUT2D eigenvalue weighted by atomic mass is 9.63. The van der Waals surface area contributed by atoms with Gasteiger partial charge in [0.25, 0.3) is 0 Å². The van der Waals surface area contributed by atoms with Gasteiger partial charge in [0.2, 0.25) is 5.91 Å². The van der Waals surface area contributed by atoms with E-state index in [2.05, 4.69) is 9.24 Å². The van der Waals surface area contributed by atoms with Crippen molar-refractivity contribution in [3.8, 4) is 0 Å². The molecule has 0 aromatic carbocycles. The molecule has 0 saturated carbocycles. The van der Waals surface area contributed by atoms with Crippen LogP contribution in [-0.2, 0) is 4.79 Å². The molecule has 2 aliphatic rings.